The van der Waals surface area contributed by atoms with E-state index in [9.17, 15) is 24.3 Å². The van der Waals surface area contributed by atoms with Gasteiger partial charge in [-0.15, -0.1) is 0 Å². The number of aliphatic hydroxyl groups excluding tert-OH is 2. The summed E-state index contributed by atoms with van der Waals surface area (Å²) in [7, 11) is 0. The van der Waals surface area contributed by atoms with Gasteiger partial charge < -0.3 is 30.1 Å². The zero-order valence-corrected chi connectivity index (χ0v) is 22.7. The van der Waals surface area contributed by atoms with Gasteiger partial charge in [-0.25, -0.2) is 0 Å². The Morgan fingerprint density at radius 2 is 1.70 bits per heavy atom. The van der Waals surface area contributed by atoms with Gasteiger partial charge in [-0.2, -0.15) is 0 Å². The first-order valence-electron chi connectivity index (χ1n) is 12.6. The summed E-state index contributed by atoms with van der Waals surface area (Å²) in [5.74, 6) is -1.92. The molecule has 3 unspecified atom stereocenters. The maximum absolute atomic E-state index is 12.0. The van der Waals surface area contributed by atoms with Crippen molar-refractivity contribution in [1.82, 2.24) is 4.90 Å². The third-order valence-corrected chi connectivity index (χ3v) is 4.97. The van der Waals surface area contributed by atoms with Gasteiger partial charge in [-0.1, -0.05) is 40.7 Å². The molecular formula is C26H42N2O9. The van der Waals surface area contributed by atoms with Crippen LogP contribution >= 0.6 is 0 Å². The molecule has 11 nitrogen and oxygen atoms in total. The number of aromatic hydroxyl groups is 1. The van der Waals surface area contributed by atoms with E-state index in [1.54, 1.807) is 13.0 Å². The summed E-state index contributed by atoms with van der Waals surface area (Å²) in [5.41, 5.74) is 0.768. The van der Waals surface area contributed by atoms with E-state index in [0.29, 0.717) is 25.2 Å². The molecule has 3 amide bonds. The average molecular weight is 527 g/mol. The van der Waals surface area contributed by atoms with Crippen LogP contribution in [0.15, 0.2) is 18.2 Å². The Balaban J connectivity index is 0.000000900. The quantitative estimate of drug-likeness (QED) is 0.247. The minimum absolute atomic E-state index is 0.00173. The fourth-order valence-electron chi connectivity index (χ4n) is 3.26. The number of imide groups is 1. The molecule has 0 saturated carbocycles. The SMILES string of the molecule is CC.CC.CC(=O)OCc1ccc(O)c(NC(=O)CCN2C(=O)CC(C)C2=O)c1.OC1COCC(O)C1. The highest BCUT2D eigenvalue weighted by molar-refractivity contribution is 6.03. The molecule has 210 valence electrons. The second-order valence-electron chi connectivity index (χ2n) is 8.00. The molecule has 2 saturated heterocycles. The van der Waals surface area contributed by atoms with Gasteiger partial charge in [0.2, 0.25) is 17.7 Å². The third kappa shape index (κ3) is 12.7. The number of phenols is 1. The van der Waals surface area contributed by atoms with Crippen molar-refractivity contribution in [2.75, 3.05) is 25.1 Å². The Hall–Kier alpha value is -3.02. The summed E-state index contributed by atoms with van der Waals surface area (Å²) in [6, 6.07) is 4.44. The van der Waals surface area contributed by atoms with Crippen LogP contribution in [-0.2, 0) is 35.3 Å². The van der Waals surface area contributed by atoms with Gasteiger partial charge in [0.25, 0.3) is 0 Å². The molecule has 3 rings (SSSR count). The molecule has 2 aliphatic rings. The lowest BCUT2D eigenvalue weighted by Crippen LogP contribution is -2.33. The number of ether oxygens (including phenoxy) is 2. The van der Waals surface area contributed by atoms with Crippen molar-refractivity contribution in [1.29, 1.82) is 0 Å². The van der Waals surface area contributed by atoms with Gasteiger partial charge >= 0.3 is 5.97 Å². The highest BCUT2D eigenvalue weighted by atomic mass is 16.5. The first-order valence-corrected chi connectivity index (χ1v) is 12.6. The van der Waals surface area contributed by atoms with Crippen LogP contribution in [0, 0.1) is 5.92 Å². The maximum Gasteiger partial charge on any atom is 0.302 e. The largest absolute Gasteiger partial charge is 0.506 e. The minimum Gasteiger partial charge on any atom is -0.506 e. The van der Waals surface area contributed by atoms with Crippen molar-refractivity contribution in [3.8, 4) is 5.75 Å². The normalized spacial score (nSPS) is 20.3. The van der Waals surface area contributed by atoms with E-state index in [1.807, 2.05) is 27.7 Å². The van der Waals surface area contributed by atoms with Crippen molar-refractivity contribution in [2.45, 2.75) is 79.6 Å². The van der Waals surface area contributed by atoms with Crippen molar-refractivity contribution < 1.29 is 44.0 Å². The number of hydrogen-bond donors (Lipinski definition) is 4. The maximum atomic E-state index is 12.0. The number of phenolic OH excluding ortho intramolecular Hbond substituents is 1. The molecule has 4 N–H and O–H groups in total. The Kier molecular flexibility index (Phi) is 16.8. The number of likely N-dealkylation sites (tertiary alicyclic amines) is 1. The summed E-state index contributed by atoms with van der Waals surface area (Å²) in [6.45, 7) is 11.7. The van der Waals surface area contributed by atoms with Crippen LogP contribution in [0.2, 0.25) is 0 Å². The molecule has 2 heterocycles. The molecule has 1 aromatic rings. The van der Waals surface area contributed by atoms with Crippen LogP contribution in [0.5, 0.6) is 5.75 Å². The minimum atomic E-state index is -0.459. The molecular weight excluding hydrogens is 484 g/mol. The molecule has 0 aliphatic carbocycles. The van der Waals surface area contributed by atoms with E-state index < -0.39 is 24.1 Å². The number of aliphatic hydroxyl groups is 2. The number of carbonyl (C=O) groups is 4. The van der Waals surface area contributed by atoms with E-state index in [1.165, 1.54) is 19.1 Å². The molecule has 37 heavy (non-hydrogen) atoms. The van der Waals surface area contributed by atoms with Crippen LogP contribution in [0.4, 0.5) is 5.69 Å². The number of amides is 3. The molecule has 2 fully saturated rings. The van der Waals surface area contributed by atoms with Crippen molar-refractivity contribution in [3.05, 3.63) is 23.8 Å². The molecule has 0 radical (unpaired) electrons. The Morgan fingerprint density at radius 1 is 1.11 bits per heavy atom. The number of benzene rings is 1. The fourth-order valence-corrected chi connectivity index (χ4v) is 3.26. The molecule has 1 aromatic carbocycles. The predicted molar refractivity (Wildman–Crippen MR) is 137 cm³/mol. The number of nitrogens with one attached hydrogen (secondary N) is 1. The summed E-state index contributed by atoms with van der Waals surface area (Å²) in [5, 5.41) is 29.9. The van der Waals surface area contributed by atoms with E-state index in [4.69, 9.17) is 19.7 Å². The number of carbonyl (C=O) groups excluding carboxylic acids is 4. The average Bonchev–Trinajstić information content (AvgIpc) is 3.11. The Morgan fingerprint density at radius 3 is 2.16 bits per heavy atom. The smallest absolute Gasteiger partial charge is 0.302 e. The van der Waals surface area contributed by atoms with Gasteiger partial charge in [-0.3, -0.25) is 24.1 Å². The molecule has 0 spiro atoms. The summed E-state index contributed by atoms with van der Waals surface area (Å²) in [6.07, 6.45) is -0.366. The number of anilines is 1. The number of rotatable bonds is 6. The zero-order valence-electron chi connectivity index (χ0n) is 22.7. The summed E-state index contributed by atoms with van der Waals surface area (Å²) < 4.78 is 9.66. The number of hydrogen-bond acceptors (Lipinski definition) is 9. The molecule has 0 bridgehead atoms. The zero-order chi connectivity index (χ0) is 28.5. The van der Waals surface area contributed by atoms with E-state index in [0.717, 1.165) is 4.90 Å². The highest BCUT2D eigenvalue weighted by Gasteiger charge is 2.35. The fraction of sp³-hybridized carbons (Fsp3) is 0.615. The first-order chi connectivity index (χ1) is 17.6. The monoisotopic (exact) mass is 526 g/mol. The van der Waals surface area contributed by atoms with Crippen LogP contribution in [0.3, 0.4) is 0 Å². The summed E-state index contributed by atoms with van der Waals surface area (Å²) in [4.78, 5) is 47.4. The van der Waals surface area contributed by atoms with E-state index >= 15 is 0 Å². The molecule has 0 aromatic heterocycles. The Bertz CT molecular complexity index is 868. The third-order valence-electron chi connectivity index (χ3n) is 4.97. The standard InChI is InChI=1S/C17H20N2O6.C5H10O3.2C2H6/c1-10-7-16(23)19(17(10)24)6-5-15(22)18-13-8-12(3-4-14(13)21)9-25-11(2)20;6-4-1-5(7)3-8-2-4;2*1-2/h3-4,8,10,21H,5-7,9H2,1-2H3,(H,18,22);4-7H,1-3H2;2*1-2H3. The van der Waals surface area contributed by atoms with Crippen LogP contribution in [-0.4, -0.2) is 75.9 Å². The molecule has 2 aliphatic heterocycles. The first kappa shape index (κ1) is 34.0. The molecule has 3 atom stereocenters. The lowest BCUT2D eigenvalue weighted by molar-refractivity contribution is -0.142. The van der Waals surface area contributed by atoms with Crippen LogP contribution < -0.4 is 5.32 Å². The lowest BCUT2D eigenvalue weighted by Gasteiger charge is -2.21. The molecule has 11 heteroatoms. The van der Waals surface area contributed by atoms with E-state index in [-0.39, 0.29) is 55.2 Å². The van der Waals surface area contributed by atoms with Crippen LogP contribution in [0.1, 0.15) is 66.4 Å². The van der Waals surface area contributed by atoms with Crippen molar-refractivity contribution >= 4 is 29.4 Å². The van der Waals surface area contributed by atoms with Crippen molar-refractivity contribution in [2.24, 2.45) is 5.92 Å². The highest BCUT2D eigenvalue weighted by Crippen LogP contribution is 2.25. The van der Waals surface area contributed by atoms with Crippen LogP contribution in [0.25, 0.3) is 0 Å². The predicted octanol–water partition coefficient (Wildman–Crippen LogP) is 2.36. The second kappa shape index (κ2) is 18.3. The van der Waals surface area contributed by atoms with Gasteiger partial charge in [0.15, 0.2) is 0 Å². The second-order valence-corrected chi connectivity index (χ2v) is 8.00. The number of nitrogens with zero attached hydrogens (tertiary/aromatic N) is 1. The number of esters is 1. The van der Waals surface area contributed by atoms with Gasteiger partial charge in [0, 0.05) is 38.6 Å². The van der Waals surface area contributed by atoms with E-state index in [2.05, 4.69) is 5.32 Å². The topological polar surface area (TPSA) is 163 Å². The lowest BCUT2D eigenvalue weighted by atomic mass is 10.1. The summed E-state index contributed by atoms with van der Waals surface area (Å²) >= 11 is 0. The van der Waals surface area contributed by atoms with Gasteiger partial charge in [0.05, 0.1) is 31.1 Å². The van der Waals surface area contributed by atoms with Crippen molar-refractivity contribution in [3.63, 3.8) is 0 Å². The van der Waals surface area contributed by atoms with Gasteiger partial charge in [0.1, 0.15) is 12.4 Å². The van der Waals surface area contributed by atoms with Gasteiger partial charge in [-0.05, 0) is 17.7 Å². The Labute approximate surface area is 218 Å².